The number of fused-ring (bicyclic) bond motifs is 1. The van der Waals surface area contributed by atoms with Crippen LogP contribution in [-0.2, 0) is 16.5 Å². The van der Waals surface area contributed by atoms with Gasteiger partial charge in [-0.05, 0) is 18.2 Å². The van der Waals surface area contributed by atoms with Gasteiger partial charge in [-0.25, -0.2) is 4.79 Å². The molecule has 0 aliphatic carbocycles. The van der Waals surface area contributed by atoms with Gasteiger partial charge in [0, 0.05) is 12.6 Å². The third-order valence-electron chi connectivity index (χ3n) is 3.19. The smallest absolute Gasteiger partial charge is 0.408 e. The molecule has 0 bridgehead atoms. The molecule has 3 rings (SSSR count). The van der Waals surface area contributed by atoms with Crippen LogP contribution < -0.4 is 5.76 Å². The second kappa shape index (κ2) is 4.64. The zero-order valence-electron chi connectivity index (χ0n) is 10.4. The largest absolute Gasteiger partial charge is 0.419 e. The average Bonchev–Trinajstić information content (AvgIpc) is 2.74. The molecular formula is C13H13NO5. The predicted molar refractivity (Wildman–Crippen MR) is 66.3 cm³/mol. The van der Waals surface area contributed by atoms with Crippen molar-refractivity contribution in [1.82, 2.24) is 4.57 Å². The number of benzene rings is 1. The predicted octanol–water partition coefficient (Wildman–Crippen LogP) is 0.730. The monoisotopic (exact) mass is 263 g/mol. The lowest BCUT2D eigenvalue weighted by Gasteiger charge is -2.21. The average molecular weight is 263 g/mol. The van der Waals surface area contributed by atoms with Crippen LogP contribution in [0.3, 0.4) is 0 Å². The number of Topliss-reactive ketones (excluding diaryl/α,β-unsaturated/α-hetero) is 1. The maximum absolute atomic E-state index is 12.2. The van der Waals surface area contributed by atoms with Gasteiger partial charge in [0.15, 0.2) is 11.4 Å². The number of hydrogen-bond acceptors (Lipinski definition) is 5. The van der Waals surface area contributed by atoms with Gasteiger partial charge < -0.3 is 13.9 Å². The van der Waals surface area contributed by atoms with Crippen LogP contribution in [0.5, 0.6) is 0 Å². The van der Waals surface area contributed by atoms with Crippen molar-refractivity contribution in [2.24, 2.45) is 7.05 Å². The number of carbonyl (C=O) groups excluding carboxylic acids is 1. The minimum atomic E-state index is -0.582. The zero-order chi connectivity index (χ0) is 13.4. The van der Waals surface area contributed by atoms with Crippen molar-refractivity contribution in [3.63, 3.8) is 0 Å². The molecule has 0 radical (unpaired) electrons. The van der Waals surface area contributed by atoms with E-state index in [-0.39, 0.29) is 12.4 Å². The summed E-state index contributed by atoms with van der Waals surface area (Å²) < 4.78 is 17.0. The van der Waals surface area contributed by atoms with Gasteiger partial charge in [-0.2, -0.15) is 0 Å². The normalized spacial score (nSPS) is 19.7. The molecule has 1 atom stereocenters. The molecule has 1 saturated heterocycles. The van der Waals surface area contributed by atoms with E-state index in [1.165, 1.54) is 4.57 Å². The number of aryl methyl sites for hydroxylation is 1. The summed E-state index contributed by atoms with van der Waals surface area (Å²) in [7, 11) is 1.62. The molecular weight excluding hydrogens is 250 g/mol. The van der Waals surface area contributed by atoms with Gasteiger partial charge in [-0.1, -0.05) is 0 Å². The van der Waals surface area contributed by atoms with Gasteiger partial charge in [0.25, 0.3) is 0 Å². The van der Waals surface area contributed by atoms with Crippen molar-refractivity contribution in [3.05, 3.63) is 34.3 Å². The van der Waals surface area contributed by atoms with Gasteiger partial charge in [-0.3, -0.25) is 9.36 Å². The van der Waals surface area contributed by atoms with Gasteiger partial charge in [0.2, 0.25) is 0 Å². The molecule has 100 valence electrons. The molecule has 6 nitrogen and oxygen atoms in total. The summed E-state index contributed by atoms with van der Waals surface area (Å²) in [4.78, 5) is 23.6. The summed E-state index contributed by atoms with van der Waals surface area (Å²) in [5, 5.41) is 0. The lowest BCUT2D eigenvalue weighted by molar-refractivity contribution is -0.0719. The zero-order valence-corrected chi connectivity index (χ0v) is 10.4. The number of rotatable bonds is 2. The van der Waals surface area contributed by atoms with Crippen LogP contribution in [0.25, 0.3) is 11.1 Å². The molecule has 2 heterocycles. The number of hydrogen-bond donors (Lipinski definition) is 0. The number of carbonyl (C=O) groups is 1. The van der Waals surface area contributed by atoms with Crippen LogP contribution >= 0.6 is 0 Å². The highest BCUT2D eigenvalue weighted by molar-refractivity contribution is 6.01. The quantitative estimate of drug-likeness (QED) is 0.747. The summed E-state index contributed by atoms with van der Waals surface area (Å²) in [5.74, 6) is -0.607. The first-order valence-corrected chi connectivity index (χ1v) is 6.00. The van der Waals surface area contributed by atoms with Crippen LogP contribution in [0, 0.1) is 0 Å². The lowest BCUT2D eigenvalue weighted by atomic mass is 10.1. The Morgan fingerprint density at radius 2 is 2.21 bits per heavy atom. The Morgan fingerprint density at radius 3 is 2.95 bits per heavy atom. The molecule has 0 spiro atoms. The van der Waals surface area contributed by atoms with Gasteiger partial charge in [0.05, 0.1) is 25.3 Å². The Labute approximate surface area is 108 Å². The van der Waals surface area contributed by atoms with E-state index in [2.05, 4.69) is 0 Å². The molecule has 1 aromatic heterocycles. The first kappa shape index (κ1) is 12.1. The topological polar surface area (TPSA) is 70.7 Å². The molecule has 0 saturated carbocycles. The first-order valence-electron chi connectivity index (χ1n) is 6.00. The van der Waals surface area contributed by atoms with E-state index in [0.29, 0.717) is 29.9 Å². The number of oxazole rings is 1. The van der Waals surface area contributed by atoms with E-state index in [9.17, 15) is 9.59 Å². The van der Waals surface area contributed by atoms with E-state index in [0.717, 1.165) is 0 Å². The number of ether oxygens (including phenoxy) is 2. The molecule has 2 aromatic rings. The third-order valence-corrected chi connectivity index (χ3v) is 3.19. The minimum Gasteiger partial charge on any atom is -0.408 e. The highest BCUT2D eigenvalue weighted by Gasteiger charge is 2.24. The fourth-order valence-electron chi connectivity index (χ4n) is 2.11. The van der Waals surface area contributed by atoms with Crippen molar-refractivity contribution in [3.8, 4) is 0 Å². The fraction of sp³-hybridized carbons (Fsp3) is 0.385. The van der Waals surface area contributed by atoms with Crippen LogP contribution in [0.1, 0.15) is 10.4 Å². The summed E-state index contributed by atoms with van der Waals surface area (Å²) in [5.41, 5.74) is 1.51. The Hall–Kier alpha value is -1.92. The number of ketones is 1. The molecule has 0 N–H and O–H groups in total. The summed E-state index contributed by atoms with van der Waals surface area (Å²) in [6.07, 6.45) is -0.582. The van der Waals surface area contributed by atoms with E-state index >= 15 is 0 Å². The lowest BCUT2D eigenvalue weighted by Crippen LogP contribution is -2.35. The molecule has 19 heavy (non-hydrogen) atoms. The Bertz CT molecular complexity index is 678. The van der Waals surface area contributed by atoms with E-state index in [4.69, 9.17) is 13.9 Å². The highest BCUT2D eigenvalue weighted by atomic mass is 16.6. The van der Waals surface area contributed by atoms with Crippen molar-refractivity contribution < 1.29 is 18.7 Å². The Balaban J connectivity index is 1.96. The number of aromatic nitrogens is 1. The summed E-state index contributed by atoms with van der Waals surface area (Å²) >= 11 is 0. The van der Waals surface area contributed by atoms with Crippen LogP contribution in [0.4, 0.5) is 0 Å². The minimum absolute atomic E-state index is 0.159. The first-order chi connectivity index (χ1) is 9.16. The molecule has 1 aliphatic rings. The van der Waals surface area contributed by atoms with Gasteiger partial charge in [-0.15, -0.1) is 0 Å². The van der Waals surface area contributed by atoms with Crippen molar-refractivity contribution in [2.45, 2.75) is 6.10 Å². The molecule has 1 fully saturated rings. The van der Waals surface area contributed by atoms with Gasteiger partial charge >= 0.3 is 5.76 Å². The molecule has 1 aromatic carbocycles. The Kier molecular flexibility index (Phi) is 2.96. The van der Waals surface area contributed by atoms with Gasteiger partial charge in [0.1, 0.15) is 6.10 Å². The van der Waals surface area contributed by atoms with Crippen LogP contribution in [0.2, 0.25) is 0 Å². The highest BCUT2D eigenvalue weighted by Crippen LogP contribution is 2.17. The Morgan fingerprint density at radius 1 is 1.37 bits per heavy atom. The maximum atomic E-state index is 12.2. The van der Waals surface area contributed by atoms with Crippen molar-refractivity contribution in [2.75, 3.05) is 19.8 Å². The molecule has 1 unspecified atom stereocenters. The number of nitrogens with zero attached hydrogens (tertiary/aromatic N) is 1. The summed E-state index contributed by atoms with van der Waals surface area (Å²) in [6.45, 7) is 1.19. The van der Waals surface area contributed by atoms with E-state index < -0.39 is 11.9 Å². The van der Waals surface area contributed by atoms with Crippen molar-refractivity contribution in [1.29, 1.82) is 0 Å². The molecule has 0 amide bonds. The van der Waals surface area contributed by atoms with Crippen molar-refractivity contribution >= 4 is 16.9 Å². The molecule has 1 aliphatic heterocycles. The standard InChI is InChI=1S/C13H13NO5/c1-14-9-3-2-8(6-10(9)19-13(14)16)12(15)11-7-17-4-5-18-11/h2-3,6,11H,4-5,7H2,1H3. The van der Waals surface area contributed by atoms with E-state index in [1.54, 1.807) is 25.2 Å². The SMILES string of the molecule is Cn1c(=O)oc2cc(C(=O)C3COCCO3)ccc21. The van der Waals surface area contributed by atoms with E-state index in [1.807, 2.05) is 0 Å². The summed E-state index contributed by atoms with van der Waals surface area (Å²) in [6, 6.07) is 4.92. The molecule has 6 heteroatoms. The third kappa shape index (κ3) is 2.09. The van der Waals surface area contributed by atoms with Crippen LogP contribution in [0.15, 0.2) is 27.4 Å². The second-order valence-corrected chi connectivity index (χ2v) is 4.41. The second-order valence-electron chi connectivity index (χ2n) is 4.41. The van der Waals surface area contributed by atoms with Crippen LogP contribution in [-0.4, -0.2) is 36.3 Å². The fourth-order valence-corrected chi connectivity index (χ4v) is 2.11. The maximum Gasteiger partial charge on any atom is 0.419 e.